The molecule has 0 saturated carbocycles. The Hall–Kier alpha value is -0.0600. The van der Waals surface area contributed by atoms with E-state index in [9.17, 15) is 4.57 Å². The van der Waals surface area contributed by atoms with E-state index in [0.717, 1.165) is 0 Å². The van der Waals surface area contributed by atoms with E-state index in [0.29, 0.717) is 13.0 Å². The second-order valence-corrected chi connectivity index (χ2v) is 2.82. The molecule has 5 nitrogen and oxygen atoms in total. The van der Waals surface area contributed by atoms with Crippen molar-refractivity contribution in [1.82, 2.24) is 5.32 Å². The molecule has 3 N–H and O–H groups in total. The molecule has 0 aromatic rings. The van der Waals surface area contributed by atoms with Crippen molar-refractivity contribution in [3.8, 4) is 0 Å². The quantitative estimate of drug-likeness (QED) is 0.474. The predicted octanol–water partition coefficient (Wildman–Crippen LogP) is -0.667. The third-order valence-electron chi connectivity index (χ3n) is 1.28. The molecule has 1 fully saturated rings. The fourth-order valence-electron chi connectivity index (χ4n) is 0.870. The highest BCUT2D eigenvalue weighted by Crippen LogP contribution is 2.21. The average molecular weight is 166 g/mol. The van der Waals surface area contributed by atoms with E-state index in [1.54, 1.807) is 0 Å². The van der Waals surface area contributed by atoms with Crippen LogP contribution < -0.4 is 5.32 Å². The van der Waals surface area contributed by atoms with Crippen LogP contribution >= 0.6 is 8.25 Å². The van der Waals surface area contributed by atoms with Crippen molar-refractivity contribution in [2.45, 2.75) is 18.8 Å². The van der Waals surface area contributed by atoms with E-state index in [4.69, 9.17) is 10.00 Å². The maximum atomic E-state index is 10.1. The van der Waals surface area contributed by atoms with Gasteiger partial charge >= 0.3 is 8.25 Å². The number of aliphatic hydroxyl groups is 1. The minimum atomic E-state index is -2.55. The summed E-state index contributed by atoms with van der Waals surface area (Å²) in [4.78, 5) is 8.26. The first-order valence-corrected chi connectivity index (χ1v) is 4.06. The highest BCUT2D eigenvalue weighted by atomic mass is 31.1. The van der Waals surface area contributed by atoms with Gasteiger partial charge < -0.3 is 5.11 Å². The van der Waals surface area contributed by atoms with Gasteiger partial charge in [0.15, 0.2) is 6.23 Å². The predicted molar refractivity (Wildman–Crippen MR) is 33.3 cm³/mol. The van der Waals surface area contributed by atoms with Crippen LogP contribution in [0.25, 0.3) is 0 Å². The number of hydrogen-bond acceptors (Lipinski definition) is 4. The Balaban J connectivity index is 2.24. The highest BCUT2D eigenvalue weighted by molar-refractivity contribution is 7.32. The summed E-state index contributed by atoms with van der Waals surface area (Å²) < 4.78 is 14.5. The van der Waals surface area contributed by atoms with Crippen molar-refractivity contribution in [2.24, 2.45) is 0 Å². The summed E-state index contributed by atoms with van der Waals surface area (Å²) in [6.07, 6.45) is -0.551. The molecule has 1 heterocycles. The Labute approximate surface area is 59.0 Å². The van der Waals surface area contributed by atoms with Crippen molar-refractivity contribution < 1.29 is 19.1 Å². The fraction of sp³-hybridized carbons (Fsp3) is 1.00. The molecule has 1 aliphatic rings. The smallest absolute Gasteiger partial charge is 0.392 e. The van der Waals surface area contributed by atoms with Crippen LogP contribution in [0.5, 0.6) is 0 Å². The summed E-state index contributed by atoms with van der Waals surface area (Å²) in [6, 6.07) is 0. The van der Waals surface area contributed by atoms with Gasteiger partial charge in [-0.05, 0) is 0 Å². The van der Waals surface area contributed by atoms with Crippen molar-refractivity contribution in [1.29, 1.82) is 0 Å². The molecule has 0 spiro atoms. The Morgan fingerprint density at radius 3 is 2.80 bits per heavy atom. The molecule has 10 heavy (non-hydrogen) atoms. The van der Waals surface area contributed by atoms with Gasteiger partial charge in [-0.25, -0.2) is 0 Å². The first-order valence-electron chi connectivity index (χ1n) is 2.93. The van der Waals surface area contributed by atoms with Crippen LogP contribution in [0.15, 0.2) is 0 Å². The van der Waals surface area contributed by atoms with Gasteiger partial charge in [-0.3, -0.25) is 5.32 Å². The fourth-order valence-corrected chi connectivity index (χ4v) is 1.25. The van der Waals surface area contributed by atoms with Crippen LogP contribution in [0.3, 0.4) is 0 Å². The largest absolute Gasteiger partial charge is 0.696 e. The monoisotopic (exact) mass is 166 g/mol. The summed E-state index contributed by atoms with van der Waals surface area (Å²) in [7, 11) is -2.55. The number of aliphatic hydroxyl groups excluding tert-OH is 1. The number of rotatable bonds is 2. The first kappa shape index (κ1) is 8.04. The maximum absolute atomic E-state index is 10.1. The van der Waals surface area contributed by atoms with E-state index in [-0.39, 0.29) is 0 Å². The van der Waals surface area contributed by atoms with Crippen molar-refractivity contribution in [2.75, 3.05) is 6.54 Å². The van der Waals surface area contributed by atoms with Gasteiger partial charge in [0.05, 0.1) is 6.10 Å². The second-order valence-electron chi connectivity index (χ2n) is 2.13. The lowest BCUT2D eigenvalue weighted by molar-refractivity contribution is 0.144. The summed E-state index contributed by atoms with van der Waals surface area (Å²) in [5.41, 5.74) is 0. The number of nitrogens with one attached hydrogen (secondary N) is 1. The number of hydrogen-bond donors (Lipinski definition) is 3. The van der Waals surface area contributed by atoms with Gasteiger partial charge in [0.25, 0.3) is 0 Å². The molecule has 0 aliphatic carbocycles. The summed E-state index contributed by atoms with van der Waals surface area (Å²) in [5, 5.41) is 11.6. The normalized spacial score (nSPS) is 34.4. The van der Waals surface area contributed by atoms with Crippen molar-refractivity contribution in [3.05, 3.63) is 0 Å². The van der Waals surface area contributed by atoms with Crippen LogP contribution in [-0.4, -0.2) is 28.9 Å². The average Bonchev–Trinajstić information content (AvgIpc) is 2.13. The van der Waals surface area contributed by atoms with E-state index >= 15 is 0 Å². The van der Waals surface area contributed by atoms with E-state index in [2.05, 4.69) is 9.84 Å². The third-order valence-corrected chi connectivity index (χ3v) is 1.72. The minimum Gasteiger partial charge on any atom is -0.392 e. The second kappa shape index (κ2) is 3.37. The Morgan fingerprint density at radius 2 is 2.40 bits per heavy atom. The molecule has 0 radical (unpaired) electrons. The van der Waals surface area contributed by atoms with Crippen molar-refractivity contribution in [3.63, 3.8) is 0 Å². The molecule has 6 heteroatoms. The topological polar surface area (TPSA) is 78.8 Å². The van der Waals surface area contributed by atoms with Crippen LogP contribution in [0.4, 0.5) is 0 Å². The highest BCUT2D eigenvalue weighted by Gasteiger charge is 2.30. The zero-order valence-corrected chi connectivity index (χ0v) is 6.12. The van der Waals surface area contributed by atoms with Gasteiger partial charge in [0, 0.05) is 17.5 Å². The van der Waals surface area contributed by atoms with E-state index in [1.165, 1.54) is 0 Å². The van der Waals surface area contributed by atoms with Gasteiger partial charge in [0.2, 0.25) is 0 Å². The van der Waals surface area contributed by atoms with Crippen molar-refractivity contribution >= 4 is 8.25 Å². The molecule has 1 saturated heterocycles. The van der Waals surface area contributed by atoms with E-state index in [1.807, 2.05) is 0 Å². The molecule has 0 amide bonds. The summed E-state index contributed by atoms with van der Waals surface area (Å²) in [6.45, 7) is 0.424. The van der Waals surface area contributed by atoms with Crippen LogP contribution in [-0.2, 0) is 9.09 Å². The third kappa shape index (κ3) is 2.28. The van der Waals surface area contributed by atoms with Gasteiger partial charge in [-0.2, -0.15) is 0 Å². The zero-order valence-electron chi connectivity index (χ0n) is 5.23. The van der Waals surface area contributed by atoms with Crippen LogP contribution in [0.2, 0.25) is 0 Å². The van der Waals surface area contributed by atoms with Gasteiger partial charge in [-0.1, -0.05) is 0 Å². The van der Waals surface area contributed by atoms with Gasteiger partial charge in [0.1, 0.15) is 0 Å². The van der Waals surface area contributed by atoms with Crippen LogP contribution in [0, 0.1) is 0 Å². The molecule has 1 unspecified atom stereocenters. The zero-order chi connectivity index (χ0) is 7.56. The SMILES string of the molecule is O=[P+](O)O[C@@H]1C[C@@H](O)CN1. The molecule has 1 aliphatic heterocycles. The number of β-amino-alcohol motifs (C(OH)–C–C–N with tert-alkyl or cyclic N) is 1. The molecule has 1 rings (SSSR count). The standard InChI is InChI=1S/C4H8NO4P/c6-3-1-4(5-2-3)9-10(7)8/h3-6H,1-2H2/p+1/t3-,4-/m1/s1. The lowest BCUT2D eigenvalue weighted by Crippen LogP contribution is -2.22. The van der Waals surface area contributed by atoms with E-state index < -0.39 is 20.6 Å². The Bertz CT molecular complexity index is 141. The minimum absolute atomic E-state index is 0.377. The molecule has 0 aromatic carbocycles. The molecule has 3 atom stereocenters. The van der Waals surface area contributed by atoms with Crippen LogP contribution in [0.1, 0.15) is 6.42 Å². The lowest BCUT2D eigenvalue weighted by atomic mass is 10.3. The molecular weight excluding hydrogens is 157 g/mol. The lowest BCUT2D eigenvalue weighted by Gasteiger charge is -1.97. The van der Waals surface area contributed by atoms with Gasteiger partial charge in [-0.15, -0.1) is 9.42 Å². The summed E-state index contributed by atoms with van der Waals surface area (Å²) >= 11 is 0. The maximum Gasteiger partial charge on any atom is 0.696 e. The molecule has 0 aromatic heterocycles. The molecule has 0 bridgehead atoms. The first-order chi connectivity index (χ1) is 4.68. The molecular formula is C4H9NO4P+. The Morgan fingerprint density at radius 1 is 1.70 bits per heavy atom. The molecule has 58 valence electrons. The Kier molecular flexibility index (Phi) is 2.71. The summed E-state index contributed by atoms with van der Waals surface area (Å²) in [5.74, 6) is 0.